The van der Waals surface area contributed by atoms with Crippen molar-refractivity contribution in [2.24, 2.45) is 0 Å². The smallest absolute Gasteiger partial charge is 0.236 e. The number of amidine groups is 1. The van der Waals surface area contributed by atoms with Gasteiger partial charge in [0, 0.05) is 62.1 Å². The molecule has 2 aromatic carbocycles. The number of aromatic hydroxyl groups is 1. The van der Waals surface area contributed by atoms with Crippen molar-refractivity contribution < 1.29 is 14.2 Å². The summed E-state index contributed by atoms with van der Waals surface area (Å²) in [6, 6.07) is 9.00. The molecule has 8 nitrogen and oxygen atoms in total. The predicted octanol–water partition coefficient (Wildman–Crippen LogP) is 4.99. The highest BCUT2D eigenvalue weighted by atomic mass is 35.5. The van der Waals surface area contributed by atoms with Crippen molar-refractivity contribution in [2.45, 2.75) is 0 Å². The van der Waals surface area contributed by atoms with Crippen LogP contribution in [0, 0.1) is 11.2 Å². The van der Waals surface area contributed by atoms with Gasteiger partial charge in [0.2, 0.25) is 5.88 Å². The quantitative estimate of drug-likeness (QED) is 0.237. The van der Waals surface area contributed by atoms with E-state index in [1.807, 2.05) is 0 Å². The van der Waals surface area contributed by atoms with Crippen molar-refractivity contribution in [3.63, 3.8) is 0 Å². The lowest BCUT2D eigenvalue weighted by atomic mass is 10.2. The predicted molar refractivity (Wildman–Crippen MR) is 139 cm³/mol. The highest BCUT2D eigenvalue weighted by Gasteiger charge is 2.20. The molecule has 0 bridgehead atoms. The molecule has 4 rings (SSSR count). The number of ether oxygens (including phenoxy) is 1. The van der Waals surface area contributed by atoms with Gasteiger partial charge in [-0.05, 0) is 42.8 Å². The number of aromatic nitrogens is 1. The van der Waals surface area contributed by atoms with Crippen molar-refractivity contribution in [3.05, 3.63) is 57.8 Å². The van der Waals surface area contributed by atoms with E-state index in [0.717, 1.165) is 44.3 Å². The molecule has 2 heterocycles. The number of hydrogen-bond acceptors (Lipinski definition) is 8. The first-order valence-corrected chi connectivity index (χ1v) is 12.4. The molecule has 12 heteroatoms. The number of rotatable bonds is 8. The molecule has 1 aromatic heterocycles. The van der Waals surface area contributed by atoms with Gasteiger partial charge >= 0.3 is 0 Å². The minimum absolute atomic E-state index is 0.0228. The van der Waals surface area contributed by atoms with Gasteiger partial charge in [-0.2, -0.15) is 4.37 Å². The van der Waals surface area contributed by atoms with Gasteiger partial charge in [-0.15, -0.1) is 0 Å². The Morgan fingerprint density at radius 3 is 2.69 bits per heavy atom. The van der Waals surface area contributed by atoms with Gasteiger partial charge in [0.1, 0.15) is 22.1 Å². The SMILES string of the molecule is CN1CCN(CCNC(=N)c2c(O)nsc2Nc2ccc(Oc3cc(Cl)ccc3Cl)c(F)c2)CC1. The number of hydrogen-bond donors (Lipinski definition) is 4. The van der Waals surface area contributed by atoms with Crippen molar-refractivity contribution in [1.82, 2.24) is 19.5 Å². The van der Waals surface area contributed by atoms with Crippen LogP contribution >= 0.6 is 34.7 Å². The minimum atomic E-state index is -0.623. The van der Waals surface area contributed by atoms with E-state index < -0.39 is 5.82 Å². The van der Waals surface area contributed by atoms with Gasteiger partial charge in [0.05, 0.1) is 5.02 Å². The lowest BCUT2D eigenvalue weighted by Crippen LogP contribution is -2.46. The Labute approximate surface area is 216 Å². The molecule has 0 unspecified atom stereocenters. The molecule has 4 N–H and O–H groups in total. The van der Waals surface area contributed by atoms with E-state index in [1.54, 1.807) is 18.2 Å². The van der Waals surface area contributed by atoms with Crippen molar-refractivity contribution in [2.75, 3.05) is 51.6 Å². The molecule has 3 aromatic rings. The fourth-order valence-corrected chi connectivity index (χ4v) is 4.59. The van der Waals surface area contributed by atoms with Crippen LogP contribution in [0.5, 0.6) is 17.4 Å². The van der Waals surface area contributed by atoms with Crippen molar-refractivity contribution in [1.29, 1.82) is 5.41 Å². The second-order valence-corrected chi connectivity index (χ2v) is 9.72. The largest absolute Gasteiger partial charge is 0.492 e. The van der Waals surface area contributed by atoms with Crippen LogP contribution in [0.1, 0.15) is 5.56 Å². The second-order valence-electron chi connectivity index (χ2n) is 8.10. The lowest BCUT2D eigenvalue weighted by molar-refractivity contribution is 0.156. The Bertz CT molecular complexity index is 1200. The maximum atomic E-state index is 14.7. The van der Waals surface area contributed by atoms with Crippen LogP contribution in [0.2, 0.25) is 10.0 Å². The molecule has 0 spiro atoms. The van der Waals surface area contributed by atoms with Crippen molar-refractivity contribution >= 4 is 51.3 Å². The van der Waals surface area contributed by atoms with E-state index in [-0.39, 0.29) is 28.8 Å². The van der Waals surface area contributed by atoms with Crippen LogP contribution in [0.4, 0.5) is 15.1 Å². The first-order chi connectivity index (χ1) is 16.8. The van der Waals surface area contributed by atoms with Crippen LogP contribution in [-0.2, 0) is 0 Å². The number of anilines is 2. The molecule has 0 aliphatic carbocycles. The fourth-order valence-electron chi connectivity index (χ4n) is 3.56. The van der Waals surface area contributed by atoms with Crippen LogP contribution in [0.25, 0.3) is 0 Å². The van der Waals surface area contributed by atoms with Gasteiger partial charge in [0.15, 0.2) is 11.6 Å². The second kappa shape index (κ2) is 11.4. The minimum Gasteiger partial charge on any atom is -0.492 e. The van der Waals surface area contributed by atoms with Crippen LogP contribution < -0.4 is 15.4 Å². The summed E-state index contributed by atoms with van der Waals surface area (Å²) in [5.74, 6) is -0.619. The third-order valence-electron chi connectivity index (χ3n) is 5.55. The fraction of sp³-hybridized carbons (Fsp3) is 0.304. The highest BCUT2D eigenvalue weighted by Crippen LogP contribution is 2.36. The van der Waals surface area contributed by atoms with Gasteiger partial charge in [0.25, 0.3) is 0 Å². The molecular formula is C23H25Cl2FN6O2S. The number of likely N-dealkylation sites (N-methyl/N-ethyl adjacent to an activating group) is 1. The Kier molecular flexibility index (Phi) is 8.30. The summed E-state index contributed by atoms with van der Waals surface area (Å²) in [5.41, 5.74) is 0.641. The van der Waals surface area contributed by atoms with Gasteiger partial charge in [-0.1, -0.05) is 23.2 Å². The number of nitrogens with one attached hydrogen (secondary N) is 3. The third kappa shape index (κ3) is 6.53. The zero-order valence-electron chi connectivity index (χ0n) is 18.9. The molecule has 0 amide bonds. The zero-order valence-corrected chi connectivity index (χ0v) is 21.3. The summed E-state index contributed by atoms with van der Waals surface area (Å²) in [6.45, 7) is 5.36. The van der Waals surface area contributed by atoms with Crippen molar-refractivity contribution in [3.8, 4) is 17.4 Å². The third-order valence-corrected chi connectivity index (χ3v) is 6.85. The van der Waals surface area contributed by atoms with E-state index in [4.69, 9.17) is 33.3 Å². The average Bonchev–Trinajstić information content (AvgIpc) is 3.19. The van der Waals surface area contributed by atoms with E-state index in [1.165, 1.54) is 18.2 Å². The molecule has 0 radical (unpaired) electrons. The summed E-state index contributed by atoms with van der Waals surface area (Å²) in [5, 5.41) is 25.8. The molecule has 1 aliphatic heterocycles. The summed E-state index contributed by atoms with van der Waals surface area (Å²) >= 11 is 13.0. The maximum absolute atomic E-state index is 14.7. The summed E-state index contributed by atoms with van der Waals surface area (Å²) in [7, 11) is 2.10. The first-order valence-electron chi connectivity index (χ1n) is 10.9. The Balaban J connectivity index is 1.39. The lowest BCUT2D eigenvalue weighted by Gasteiger charge is -2.32. The summed E-state index contributed by atoms with van der Waals surface area (Å²) in [4.78, 5) is 4.61. The Morgan fingerprint density at radius 2 is 1.94 bits per heavy atom. The monoisotopic (exact) mass is 538 g/mol. The molecule has 1 fully saturated rings. The van der Waals surface area contributed by atoms with Crippen LogP contribution in [0.15, 0.2) is 36.4 Å². The van der Waals surface area contributed by atoms with E-state index in [9.17, 15) is 9.50 Å². The molecule has 1 saturated heterocycles. The number of benzene rings is 2. The first kappa shape index (κ1) is 25.5. The summed E-state index contributed by atoms with van der Waals surface area (Å²) < 4.78 is 24.3. The van der Waals surface area contributed by atoms with E-state index >= 15 is 0 Å². The van der Waals surface area contributed by atoms with Gasteiger partial charge in [-0.3, -0.25) is 10.3 Å². The van der Waals surface area contributed by atoms with Gasteiger partial charge < -0.3 is 25.4 Å². The molecule has 0 atom stereocenters. The molecule has 186 valence electrons. The van der Waals surface area contributed by atoms with Gasteiger partial charge in [-0.25, -0.2) is 4.39 Å². The molecule has 1 aliphatic rings. The van der Waals surface area contributed by atoms with Crippen LogP contribution in [-0.4, -0.2) is 71.4 Å². The number of halogens is 3. The normalized spacial score (nSPS) is 14.6. The zero-order chi connectivity index (χ0) is 24.9. The number of nitrogens with zero attached hydrogens (tertiary/aromatic N) is 3. The molecule has 35 heavy (non-hydrogen) atoms. The van der Waals surface area contributed by atoms with E-state index in [0.29, 0.717) is 27.3 Å². The molecular weight excluding hydrogens is 514 g/mol. The highest BCUT2D eigenvalue weighted by molar-refractivity contribution is 7.11. The Hall–Kier alpha value is -2.63. The number of piperazine rings is 1. The van der Waals surface area contributed by atoms with E-state index in [2.05, 4.69) is 31.9 Å². The topological polar surface area (TPSA) is 96.7 Å². The Morgan fingerprint density at radius 1 is 1.17 bits per heavy atom. The maximum Gasteiger partial charge on any atom is 0.236 e. The standard InChI is InChI=1S/C23H25Cl2FN6O2S/c1-31-8-10-32(11-9-31)7-6-28-21(27)20-22(33)30-35-23(20)29-15-3-5-18(17(26)13-15)34-19-12-14(24)2-4-16(19)25/h2-5,12-13,29H,6-11H2,1H3,(H2,27,28)(H,30,33). The average molecular weight is 539 g/mol. The molecule has 0 saturated carbocycles. The summed E-state index contributed by atoms with van der Waals surface area (Å²) in [6.07, 6.45) is 0. The van der Waals surface area contributed by atoms with Crippen LogP contribution in [0.3, 0.4) is 0 Å².